The molecule has 10 heteroatoms. The van der Waals surface area contributed by atoms with E-state index in [0.717, 1.165) is 6.26 Å². The molecule has 0 radical (unpaired) electrons. The Balaban J connectivity index is 2.00. The Bertz CT molecular complexity index is 1430. The third kappa shape index (κ3) is 3.81. The van der Waals surface area contributed by atoms with Gasteiger partial charge in [-0.15, -0.1) is 0 Å². The molecule has 154 valence electrons. The van der Waals surface area contributed by atoms with Crippen LogP contribution in [-0.2, 0) is 17.1 Å². The monoisotopic (exact) mass is 443 g/mol. The van der Waals surface area contributed by atoms with Crippen LogP contribution < -0.4 is 10.2 Å². The normalized spacial score (nSPS) is 11.7. The predicted octanol–water partition coefficient (Wildman–Crippen LogP) is 3.32. The lowest BCUT2D eigenvalue weighted by molar-refractivity contribution is 0.607. The van der Waals surface area contributed by atoms with Crippen molar-refractivity contribution >= 4 is 38.3 Å². The number of pyridine rings is 2. The van der Waals surface area contributed by atoms with Crippen LogP contribution in [0.1, 0.15) is 5.56 Å². The number of nitrogens with zero attached hydrogens (tertiary/aromatic N) is 3. The summed E-state index contributed by atoms with van der Waals surface area (Å²) in [6.07, 6.45) is 4.41. The van der Waals surface area contributed by atoms with Gasteiger partial charge in [-0.25, -0.2) is 13.4 Å². The number of hydrogen-bond acceptors (Lipinski definition) is 5. The van der Waals surface area contributed by atoms with E-state index in [-0.39, 0.29) is 10.5 Å². The van der Waals surface area contributed by atoms with Crippen molar-refractivity contribution < 1.29 is 8.42 Å². The van der Waals surface area contributed by atoms with Crippen LogP contribution >= 0.6 is 11.6 Å². The highest BCUT2D eigenvalue weighted by Crippen LogP contribution is 2.37. The molecule has 0 aliphatic carbocycles. The van der Waals surface area contributed by atoms with Gasteiger partial charge >= 0.3 is 0 Å². The quantitative estimate of drug-likeness (QED) is 0.502. The van der Waals surface area contributed by atoms with Gasteiger partial charge in [0.15, 0.2) is 5.43 Å². The maximum Gasteiger partial charge on any atom is 0.229 e. The number of hydrogen-bond donors (Lipinski definition) is 2. The Morgan fingerprint density at radius 3 is 2.60 bits per heavy atom. The number of anilines is 1. The van der Waals surface area contributed by atoms with Crippen LogP contribution in [0.4, 0.5) is 5.69 Å². The van der Waals surface area contributed by atoms with Crippen molar-refractivity contribution in [3.05, 3.63) is 63.5 Å². The molecule has 0 bridgehead atoms. The summed E-state index contributed by atoms with van der Waals surface area (Å²) >= 11 is 6.41. The molecule has 0 unspecified atom stereocenters. The molecule has 30 heavy (non-hydrogen) atoms. The number of halogens is 1. The van der Waals surface area contributed by atoms with Crippen LogP contribution in [0, 0.1) is 6.92 Å². The second-order valence-electron chi connectivity index (χ2n) is 7.02. The molecule has 0 amide bonds. The van der Waals surface area contributed by atoms with E-state index in [1.54, 1.807) is 49.2 Å². The minimum atomic E-state index is -3.49. The smallest absolute Gasteiger partial charge is 0.229 e. The van der Waals surface area contributed by atoms with Gasteiger partial charge in [0, 0.05) is 31.1 Å². The highest BCUT2D eigenvalue weighted by Gasteiger charge is 2.18. The Morgan fingerprint density at radius 2 is 1.97 bits per heavy atom. The van der Waals surface area contributed by atoms with Gasteiger partial charge in [-0.1, -0.05) is 11.6 Å². The van der Waals surface area contributed by atoms with E-state index in [1.807, 2.05) is 6.07 Å². The number of nitrogens with one attached hydrogen (secondary N) is 2. The molecule has 0 saturated heterocycles. The summed E-state index contributed by atoms with van der Waals surface area (Å²) in [6.45, 7) is 1.75. The standard InChI is InChI=1S/C20H18ClN5O3S/c1-11-8-12(9-15(21)18(11)25-30(3,28)29)13-10-14-17(27)4-6-22-20(14)23-19(13)16-5-7-26(2)24-16/h4-10,25H,1-3H3,(H,22,23,27). The van der Waals surface area contributed by atoms with Gasteiger partial charge in [0.25, 0.3) is 0 Å². The van der Waals surface area contributed by atoms with E-state index < -0.39 is 10.0 Å². The molecular formula is C20H18ClN5O3S. The lowest BCUT2D eigenvalue weighted by Gasteiger charge is -2.14. The second kappa shape index (κ2) is 7.26. The van der Waals surface area contributed by atoms with Crippen LogP contribution in [-0.4, -0.2) is 34.4 Å². The second-order valence-corrected chi connectivity index (χ2v) is 9.18. The van der Waals surface area contributed by atoms with E-state index in [0.29, 0.717) is 44.8 Å². The lowest BCUT2D eigenvalue weighted by Crippen LogP contribution is -2.11. The summed E-state index contributed by atoms with van der Waals surface area (Å²) in [7, 11) is -1.68. The van der Waals surface area contributed by atoms with Gasteiger partial charge in [-0.2, -0.15) is 5.10 Å². The van der Waals surface area contributed by atoms with Crippen LogP contribution in [0.25, 0.3) is 33.5 Å². The fourth-order valence-corrected chi connectivity index (χ4v) is 4.28. The van der Waals surface area contributed by atoms with Gasteiger partial charge < -0.3 is 4.98 Å². The van der Waals surface area contributed by atoms with Crippen molar-refractivity contribution in [3.63, 3.8) is 0 Å². The zero-order valence-electron chi connectivity index (χ0n) is 16.4. The van der Waals surface area contributed by atoms with Crippen LogP contribution in [0.2, 0.25) is 5.02 Å². The molecule has 3 aromatic heterocycles. The Hall–Kier alpha value is -3.17. The van der Waals surface area contributed by atoms with Gasteiger partial charge in [0.2, 0.25) is 10.0 Å². The van der Waals surface area contributed by atoms with Gasteiger partial charge in [-0.05, 0) is 42.3 Å². The fraction of sp³-hybridized carbons (Fsp3) is 0.150. The largest absolute Gasteiger partial charge is 0.346 e. The average molecular weight is 444 g/mol. The molecule has 0 fully saturated rings. The third-order valence-electron chi connectivity index (χ3n) is 4.58. The minimum absolute atomic E-state index is 0.164. The molecule has 0 aliphatic heterocycles. The number of aromatic amines is 1. The van der Waals surface area contributed by atoms with E-state index in [1.165, 1.54) is 6.07 Å². The van der Waals surface area contributed by atoms with Crippen LogP contribution in [0.5, 0.6) is 0 Å². The van der Waals surface area contributed by atoms with Crippen molar-refractivity contribution in [2.24, 2.45) is 7.05 Å². The average Bonchev–Trinajstić information content (AvgIpc) is 3.09. The summed E-state index contributed by atoms with van der Waals surface area (Å²) in [5, 5.41) is 5.11. The number of H-pyrrole nitrogens is 1. The Morgan fingerprint density at radius 1 is 1.20 bits per heavy atom. The maximum atomic E-state index is 12.4. The summed E-state index contributed by atoms with van der Waals surface area (Å²) < 4.78 is 27.4. The number of sulfonamides is 1. The zero-order valence-corrected chi connectivity index (χ0v) is 18.0. The first-order valence-corrected chi connectivity index (χ1v) is 11.2. The first-order valence-electron chi connectivity index (χ1n) is 8.93. The summed E-state index contributed by atoms with van der Waals surface area (Å²) in [5.74, 6) is 0. The van der Waals surface area contributed by atoms with Crippen LogP contribution in [0.15, 0.2) is 47.5 Å². The van der Waals surface area contributed by atoms with Crippen molar-refractivity contribution in [2.75, 3.05) is 11.0 Å². The number of aryl methyl sites for hydroxylation is 2. The maximum absolute atomic E-state index is 12.4. The Labute approximate surface area is 177 Å². The van der Waals surface area contributed by atoms with Crippen LogP contribution in [0.3, 0.4) is 0 Å². The van der Waals surface area contributed by atoms with E-state index in [4.69, 9.17) is 11.6 Å². The third-order valence-corrected chi connectivity index (χ3v) is 5.46. The molecule has 8 nitrogen and oxygen atoms in total. The first kappa shape index (κ1) is 20.1. The van der Waals surface area contributed by atoms with Crippen molar-refractivity contribution in [1.82, 2.24) is 19.7 Å². The summed E-state index contributed by atoms with van der Waals surface area (Å²) in [6, 6.07) is 8.46. The predicted molar refractivity (Wildman–Crippen MR) is 118 cm³/mol. The minimum Gasteiger partial charge on any atom is -0.346 e. The number of fused-ring (bicyclic) bond motifs is 1. The first-order chi connectivity index (χ1) is 14.1. The molecule has 0 spiro atoms. The zero-order chi connectivity index (χ0) is 21.6. The van der Waals surface area contributed by atoms with Gasteiger partial charge in [0.1, 0.15) is 17.0 Å². The van der Waals surface area contributed by atoms with Crippen molar-refractivity contribution in [2.45, 2.75) is 6.92 Å². The molecule has 0 aliphatic rings. The van der Waals surface area contributed by atoms with E-state index in [9.17, 15) is 13.2 Å². The highest BCUT2D eigenvalue weighted by molar-refractivity contribution is 7.92. The molecule has 0 atom stereocenters. The van der Waals surface area contributed by atoms with E-state index in [2.05, 4.69) is 19.8 Å². The Kier molecular flexibility index (Phi) is 4.87. The number of rotatable bonds is 4. The molecule has 1 aromatic carbocycles. The fourth-order valence-electron chi connectivity index (χ4n) is 3.27. The molecule has 2 N–H and O–H groups in total. The number of benzene rings is 1. The van der Waals surface area contributed by atoms with Gasteiger partial charge in [0.05, 0.1) is 22.4 Å². The molecular weight excluding hydrogens is 426 g/mol. The highest BCUT2D eigenvalue weighted by atomic mass is 35.5. The molecule has 0 saturated carbocycles. The topological polar surface area (TPSA) is 110 Å². The van der Waals surface area contributed by atoms with Crippen molar-refractivity contribution in [1.29, 1.82) is 0 Å². The molecule has 3 heterocycles. The van der Waals surface area contributed by atoms with Gasteiger partial charge in [-0.3, -0.25) is 14.2 Å². The SMILES string of the molecule is Cc1cc(-c2cc3c(=O)cc[nH]c3nc2-c2ccn(C)n2)cc(Cl)c1NS(C)(=O)=O. The van der Waals surface area contributed by atoms with E-state index >= 15 is 0 Å². The lowest BCUT2D eigenvalue weighted by atomic mass is 9.98. The summed E-state index contributed by atoms with van der Waals surface area (Å²) in [4.78, 5) is 20.0. The molecule has 4 rings (SSSR count). The summed E-state index contributed by atoms with van der Waals surface area (Å²) in [5.41, 5.74) is 3.79. The molecule has 4 aromatic rings. The van der Waals surface area contributed by atoms with Crippen molar-refractivity contribution in [3.8, 4) is 22.5 Å². The number of aromatic nitrogens is 4.